The van der Waals surface area contributed by atoms with Crippen LogP contribution in [0.3, 0.4) is 0 Å². The number of rotatable bonds is 4. The molecule has 1 aliphatic heterocycles. The third-order valence-electron chi connectivity index (χ3n) is 4.28. The first-order chi connectivity index (χ1) is 11.6. The van der Waals surface area contributed by atoms with Gasteiger partial charge in [0.2, 0.25) is 0 Å². The number of Topliss-reactive ketones (excluding diaryl/α,β-unsaturated/α-hetero) is 1. The number of nitro benzene ring substituents is 1. The highest BCUT2D eigenvalue weighted by molar-refractivity contribution is 6.02. The fourth-order valence-electron chi connectivity index (χ4n) is 2.96. The van der Waals surface area contributed by atoms with E-state index in [4.69, 9.17) is 0 Å². The van der Waals surface area contributed by atoms with E-state index in [9.17, 15) is 14.9 Å². The van der Waals surface area contributed by atoms with Crippen LogP contribution in [0.2, 0.25) is 0 Å². The van der Waals surface area contributed by atoms with E-state index in [0.717, 1.165) is 5.69 Å². The van der Waals surface area contributed by atoms with Crippen molar-refractivity contribution in [2.24, 2.45) is 0 Å². The number of ketones is 1. The quantitative estimate of drug-likeness (QED) is 0.369. The summed E-state index contributed by atoms with van der Waals surface area (Å²) < 4.78 is 0. The minimum atomic E-state index is -0.420. The van der Waals surface area contributed by atoms with Gasteiger partial charge in [-0.2, -0.15) is 0 Å². The third kappa shape index (κ3) is 3.20. The molecule has 3 rings (SSSR count). The molecule has 0 spiro atoms. The molecule has 2 aromatic rings. The van der Waals surface area contributed by atoms with Crippen molar-refractivity contribution < 1.29 is 9.72 Å². The minimum Gasteiger partial charge on any atom is -0.357 e. The Balaban J connectivity index is 1.92. The Morgan fingerprint density at radius 3 is 2.42 bits per heavy atom. The highest BCUT2D eigenvalue weighted by Crippen LogP contribution is 2.28. The first-order valence-corrected chi connectivity index (χ1v) is 7.82. The van der Waals surface area contributed by atoms with Gasteiger partial charge in [0.1, 0.15) is 0 Å². The molecule has 24 heavy (non-hydrogen) atoms. The molecule has 2 aromatic carbocycles. The maximum Gasteiger partial charge on any atom is 0.269 e. The lowest BCUT2D eigenvalue weighted by Gasteiger charge is -2.35. The Bertz CT molecular complexity index is 782. The smallest absolute Gasteiger partial charge is 0.269 e. The maximum atomic E-state index is 12.9. The molecule has 0 aliphatic carbocycles. The van der Waals surface area contributed by atoms with Crippen molar-refractivity contribution in [3.8, 4) is 0 Å². The molecule has 0 aromatic heterocycles. The standard InChI is InChI=1S/C19H18N2O3/c1-14-11-12-20(16-7-9-17(10-8-16)21(23)24)18(13-14)19(22)15-5-3-2-4-6-15/h2-11,18H,12-13H2,1H3. The summed E-state index contributed by atoms with van der Waals surface area (Å²) in [5.74, 6) is 0.0707. The number of non-ortho nitro benzene ring substituents is 1. The number of anilines is 1. The molecule has 0 amide bonds. The molecular weight excluding hydrogens is 304 g/mol. The number of nitrogens with zero attached hydrogens (tertiary/aromatic N) is 2. The Labute approximate surface area is 140 Å². The Hall–Kier alpha value is -2.95. The lowest BCUT2D eigenvalue weighted by Crippen LogP contribution is -2.44. The van der Waals surface area contributed by atoms with Crippen molar-refractivity contribution in [3.05, 3.63) is 81.9 Å². The molecule has 1 atom stereocenters. The maximum absolute atomic E-state index is 12.9. The summed E-state index contributed by atoms with van der Waals surface area (Å²) in [5, 5.41) is 10.8. The summed E-state index contributed by atoms with van der Waals surface area (Å²) in [6.07, 6.45) is 2.75. The van der Waals surface area contributed by atoms with Crippen LogP contribution in [0.25, 0.3) is 0 Å². The second kappa shape index (κ2) is 6.66. The molecule has 0 N–H and O–H groups in total. The van der Waals surface area contributed by atoms with E-state index < -0.39 is 4.92 Å². The summed E-state index contributed by atoms with van der Waals surface area (Å²) in [4.78, 5) is 25.3. The van der Waals surface area contributed by atoms with Gasteiger partial charge in [-0.1, -0.05) is 42.0 Å². The first kappa shape index (κ1) is 15.9. The fourth-order valence-corrected chi connectivity index (χ4v) is 2.96. The van der Waals surface area contributed by atoms with Crippen molar-refractivity contribution in [1.82, 2.24) is 0 Å². The van der Waals surface area contributed by atoms with Crippen LogP contribution in [0.1, 0.15) is 23.7 Å². The zero-order valence-corrected chi connectivity index (χ0v) is 13.4. The Morgan fingerprint density at radius 2 is 1.79 bits per heavy atom. The van der Waals surface area contributed by atoms with E-state index in [2.05, 4.69) is 6.08 Å². The van der Waals surface area contributed by atoms with Gasteiger partial charge in [0, 0.05) is 29.9 Å². The molecule has 0 bridgehead atoms. The van der Waals surface area contributed by atoms with Crippen molar-refractivity contribution >= 4 is 17.2 Å². The average molecular weight is 322 g/mol. The fraction of sp³-hybridized carbons (Fsp3) is 0.211. The predicted molar refractivity (Wildman–Crippen MR) is 93.4 cm³/mol. The van der Waals surface area contributed by atoms with Gasteiger partial charge in [0.15, 0.2) is 5.78 Å². The number of benzene rings is 2. The number of carbonyl (C=O) groups excluding carboxylic acids is 1. The zero-order chi connectivity index (χ0) is 17.1. The third-order valence-corrected chi connectivity index (χ3v) is 4.28. The van der Waals surface area contributed by atoms with E-state index in [-0.39, 0.29) is 17.5 Å². The van der Waals surface area contributed by atoms with Crippen LogP contribution < -0.4 is 4.90 Å². The zero-order valence-electron chi connectivity index (χ0n) is 13.4. The molecule has 0 fully saturated rings. The summed E-state index contributed by atoms with van der Waals surface area (Å²) in [7, 11) is 0. The first-order valence-electron chi connectivity index (χ1n) is 7.82. The van der Waals surface area contributed by atoms with Crippen molar-refractivity contribution in [2.45, 2.75) is 19.4 Å². The molecule has 0 saturated carbocycles. The van der Waals surface area contributed by atoms with Gasteiger partial charge in [-0.15, -0.1) is 0 Å². The molecule has 1 heterocycles. The molecule has 1 aliphatic rings. The van der Waals surface area contributed by atoms with Crippen LogP contribution in [0, 0.1) is 10.1 Å². The van der Waals surface area contributed by atoms with E-state index in [0.29, 0.717) is 18.5 Å². The molecule has 0 radical (unpaired) electrons. The SMILES string of the molecule is CC1=CCN(c2ccc([N+](=O)[O-])cc2)C(C(=O)c2ccccc2)C1. The van der Waals surface area contributed by atoms with E-state index >= 15 is 0 Å². The Morgan fingerprint density at radius 1 is 1.12 bits per heavy atom. The van der Waals surface area contributed by atoms with Crippen molar-refractivity contribution in [2.75, 3.05) is 11.4 Å². The van der Waals surface area contributed by atoms with E-state index in [1.165, 1.54) is 17.7 Å². The molecule has 122 valence electrons. The van der Waals surface area contributed by atoms with Gasteiger partial charge < -0.3 is 4.90 Å². The minimum absolute atomic E-state index is 0.0495. The normalized spacial score (nSPS) is 17.3. The largest absolute Gasteiger partial charge is 0.357 e. The van der Waals surface area contributed by atoms with Gasteiger partial charge in [-0.25, -0.2) is 0 Å². The highest BCUT2D eigenvalue weighted by atomic mass is 16.6. The second-order valence-electron chi connectivity index (χ2n) is 5.93. The monoisotopic (exact) mass is 322 g/mol. The number of carbonyl (C=O) groups is 1. The van der Waals surface area contributed by atoms with Crippen LogP contribution in [-0.4, -0.2) is 23.3 Å². The van der Waals surface area contributed by atoms with Gasteiger partial charge in [-0.3, -0.25) is 14.9 Å². The average Bonchev–Trinajstić information content (AvgIpc) is 2.62. The highest BCUT2D eigenvalue weighted by Gasteiger charge is 2.29. The van der Waals surface area contributed by atoms with E-state index in [1.54, 1.807) is 12.1 Å². The van der Waals surface area contributed by atoms with Crippen LogP contribution in [0.4, 0.5) is 11.4 Å². The lowest BCUT2D eigenvalue weighted by atomic mass is 9.93. The Kier molecular flexibility index (Phi) is 4.42. The van der Waals surface area contributed by atoms with E-state index in [1.807, 2.05) is 42.2 Å². The van der Waals surface area contributed by atoms with Crippen molar-refractivity contribution in [3.63, 3.8) is 0 Å². The van der Waals surface area contributed by atoms with Gasteiger partial charge in [-0.05, 0) is 25.5 Å². The van der Waals surface area contributed by atoms with Gasteiger partial charge in [0.05, 0.1) is 11.0 Å². The summed E-state index contributed by atoms with van der Waals surface area (Å²) >= 11 is 0. The molecule has 5 nitrogen and oxygen atoms in total. The number of nitro groups is 1. The lowest BCUT2D eigenvalue weighted by molar-refractivity contribution is -0.384. The predicted octanol–water partition coefficient (Wildman–Crippen LogP) is 4.00. The molecule has 5 heteroatoms. The summed E-state index contributed by atoms with van der Waals surface area (Å²) in [5.41, 5.74) is 2.73. The van der Waals surface area contributed by atoms with Crippen LogP contribution >= 0.6 is 0 Å². The molecular formula is C19H18N2O3. The van der Waals surface area contributed by atoms with Crippen LogP contribution in [0.5, 0.6) is 0 Å². The van der Waals surface area contributed by atoms with Gasteiger partial charge in [0.25, 0.3) is 5.69 Å². The summed E-state index contributed by atoms with van der Waals surface area (Å²) in [6, 6.07) is 15.3. The summed E-state index contributed by atoms with van der Waals surface area (Å²) in [6.45, 7) is 2.64. The van der Waals surface area contributed by atoms with Gasteiger partial charge >= 0.3 is 0 Å². The second-order valence-corrected chi connectivity index (χ2v) is 5.93. The molecule has 0 saturated heterocycles. The van der Waals surface area contributed by atoms with Crippen LogP contribution in [-0.2, 0) is 0 Å². The van der Waals surface area contributed by atoms with Crippen LogP contribution in [0.15, 0.2) is 66.2 Å². The van der Waals surface area contributed by atoms with Crippen molar-refractivity contribution in [1.29, 1.82) is 0 Å². The molecule has 1 unspecified atom stereocenters. The topological polar surface area (TPSA) is 63.4 Å². The number of hydrogen-bond acceptors (Lipinski definition) is 4. The number of hydrogen-bond donors (Lipinski definition) is 0.